The number of halogens is 2. The second-order valence-corrected chi connectivity index (χ2v) is 7.68. The minimum atomic E-state index is 0.428. The quantitative estimate of drug-likeness (QED) is 0.643. The predicted octanol–water partition coefficient (Wildman–Crippen LogP) is 3.03. The summed E-state index contributed by atoms with van der Waals surface area (Å²) in [5.41, 5.74) is 1.00. The Morgan fingerprint density at radius 3 is 2.68 bits per heavy atom. The molecule has 0 spiro atoms. The molecule has 1 aliphatic heterocycles. The van der Waals surface area contributed by atoms with Crippen LogP contribution in [0.1, 0.15) is 18.4 Å². The fraction of sp³-hybridized carbons (Fsp3) is 0.571. The molecule has 1 fully saturated rings. The molecule has 1 aliphatic rings. The number of nitrogens with one attached hydrogen (secondary N) is 1. The monoisotopic (exact) mass is 486 g/mol. The van der Waals surface area contributed by atoms with Crippen molar-refractivity contribution in [1.29, 1.82) is 0 Å². The first-order valence-corrected chi connectivity index (χ1v) is 8.78. The molecule has 0 amide bonds. The Morgan fingerprint density at radius 2 is 2.00 bits per heavy atom. The number of likely N-dealkylation sites (tertiary alicyclic amines) is 1. The number of rotatable bonds is 4. The summed E-state index contributed by atoms with van der Waals surface area (Å²) in [4.78, 5) is 2.39. The predicted molar refractivity (Wildman–Crippen MR) is 95.5 cm³/mol. The number of nitrogens with zero attached hydrogens (tertiary/aromatic N) is 1. The summed E-state index contributed by atoms with van der Waals surface area (Å²) in [6.07, 6.45) is 2.55. The fourth-order valence-electron chi connectivity index (χ4n) is 2.43. The van der Waals surface area contributed by atoms with Gasteiger partial charge in [0.2, 0.25) is 0 Å². The third-order valence-corrected chi connectivity index (χ3v) is 5.14. The lowest BCUT2D eigenvalue weighted by Crippen LogP contribution is -2.34. The van der Waals surface area contributed by atoms with E-state index < -0.39 is 0 Å². The van der Waals surface area contributed by atoms with Crippen LogP contribution in [0, 0.1) is 13.1 Å². The van der Waals surface area contributed by atoms with Crippen molar-refractivity contribution in [2.45, 2.75) is 19.4 Å². The largest absolute Gasteiger partial charge is 0.507 e. The Hall–Kier alpha value is 0.400. The molecule has 1 aromatic carbocycles. The third kappa shape index (κ3) is 4.71. The fourth-order valence-corrected chi connectivity index (χ4v) is 4.40. The van der Waals surface area contributed by atoms with Crippen LogP contribution in [0.25, 0.3) is 0 Å². The Morgan fingerprint density at radius 1 is 1.32 bits per heavy atom. The zero-order valence-corrected chi connectivity index (χ0v) is 15.4. The van der Waals surface area contributed by atoms with Gasteiger partial charge >= 0.3 is 0 Å². The maximum atomic E-state index is 10.0. The molecule has 0 aromatic heterocycles. The average molecular weight is 486 g/mol. The molecule has 0 radical (unpaired) electrons. The molecule has 1 heterocycles. The summed E-state index contributed by atoms with van der Waals surface area (Å²) in [5, 5.41) is 13.5. The number of hydrogen-bond acceptors (Lipinski definition) is 3. The first-order chi connectivity index (χ1) is 9.06. The number of phenols is 1. The number of piperidine rings is 1. The highest BCUT2D eigenvalue weighted by atomic mass is 127. The Kier molecular flexibility index (Phi) is 6.16. The molecule has 19 heavy (non-hydrogen) atoms. The van der Waals surface area contributed by atoms with E-state index in [0.717, 1.165) is 28.1 Å². The van der Waals surface area contributed by atoms with Gasteiger partial charge in [-0.1, -0.05) is 0 Å². The second-order valence-electron chi connectivity index (χ2n) is 5.27. The Bertz CT molecular complexity index is 432. The SMILES string of the molecule is CN1CCC(CNCc2cc(I)cc(I)c2O)CC1. The molecule has 0 unspecified atom stereocenters. The molecule has 0 atom stereocenters. The van der Waals surface area contributed by atoms with E-state index in [0.29, 0.717) is 5.75 Å². The van der Waals surface area contributed by atoms with E-state index in [2.05, 4.69) is 68.5 Å². The van der Waals surface area contributed by atoms with Crippen LogP contribution in [0.3, 0.4) is 0 Å². The number of aromatic hydroxyl groups is 1. The zero-order chi connectivity index (χ0) is 13.8. The van der Waals surface area contributed by atoms with E-state index in [1.165, 1.54) is 29.5 Å². The minimum Gasteiger partial charge on any atom is -0.507 e. The van der Waals surface area contributed by atoms with Gasteiger partial charge in [-0.2, -0.15) is 0 Å². The summed E-state index contributed by atoms with van der Waals surface area (Å²) in [6.45, 7) is 4.22. The summed E-state index contributed by atoms with van der Waals surface area (Å²) in [6, 6.07) is 4.05. The Labute approximate surface area is 142 Å². The van der Waals surface area contributed by atoms with Crippen molar-refractivity contribution in [2.24, 2.45) is 5.92 Å². The Balaban J connectivity index is 1.83. The van der Waals surface area contributed by atoms with Crippen molar-refractivity contribution in [2.75, 3.05) is 26.7 Å². The second kappa shape index (κ2) is 7.42. The van der Waals surface area contributed by atoms with Gasteiger partial charge in [-0.3, -0.25) is 0 Å². The standard InChI is InChI=1S/C14H20I2N2O/c1-18-4-2-10(3-5-18)8-17-9-11-6-12(15)7-13(16)14(11)19/h6-7,10,17,19H,2-5,8-9H2,1H3. The van der Waals surface area contributed by atoms with Gasteiger partial charge in [0.1, 0.15) is 5.75 Å². The van der Waals surface area contributed by atoms with Crippen LogP contribution in [-0.4, -0.2) is 36.7 Å². The highest BCUT2D eigenvalue weighted by molar-refractivity contribution is 14.1. The lowest BCUT2D eigenvalue weighted by Gasteiger charge is -2.29. The van der Waals surface area contributed by atoms with E-state index >= 15 is 0 Å². The van der Waals surface area contributed by atoms with Crippen LogP contribution < -0.4 is 5.32 Å². The van der Waals surface area contributed by atoms with E-state index in [1.807, 2.05) is 6.07 Å². The van der Waals surface area contributed by atoms with Crippen molar-refractivity contribution < 1.29 is 5.11 Å². The van der Waals surface area contributed by atoms with E-state index in [9.17, 15) is 5.11 Å². The summed E-state index contributed by atoms with van der Waals surface area (Å²) < 4.78 is 2.11. The van der Waals surface area contributed by atoms with Crippen LogP contribution in [0.4, 0.5) is 0 Å². The molecule has 1 saturated heterocycles. The third-order valence-electron chi connectivity index (χ3n) is 3.69. The normalized spacial score (nSPS) is 17.8. The molecule has 0 saturated carbocycles. The molecule has 2 rings (SSSR count). The van der Waals surface area contributed by atoms with Gasteiger partial charge in [0.15, 0.2) is 0 Å². The van der Waals surface area contributed by atoms with Gasteiger partial charge in [0.05, 0.1) is 3.57 Å². The molecule has 5 heteroatoms. The maximum Gasteiger partial charge on any atom is 0.133 e. The maximum absolute atomic E-state index is 10.0. The lowest BCUT2D eigenvalue weighted by atomic mass is 9.97. The van der Waals surface area contributed by atoms with Gasteiger partial charge in [-0.25, -0.2) is 0 Å². The van der Waals surface area contributed by atoms with E-state index in [1.54, 1.807) is 0 Å². The molecule has 1 aromatic rings. The van der Waals surface area contributed by atoms with Gasteiger partial charge in [0.25, 0.3) is 0 Å². The summed E-state index contributed by atoms with van der Waals surface area (Å²) >= 11 is 4.48. The van der Waals surface area contributed by atoms with E-state index in [4.69, 9.17) is 0 Å². The van der Waals surface area contributed by atoms with Crippen LogP contribution in [0.5, 0.6) is 5.75 Å². The van der Waals surface area contributed by atoms with Crippen LogP contribution in [0.2, 0.25) is 0 Å². The van der Waals surface area contributed by atoms with Gasteiger partial charge in [0, 0.05) is 15.7 Å². The molecule has 0 bridgehead atoms. The molecule has 0 aliphatic carbocycles. The smallest absolute Gasteiger partial charge is 0.133 e. The molecule has 106 valence electrons. The van der Waals surface area contributed by atoms with Crippen LogP contribution >= 0.6 is 45.2 Å². The first-order valence-electron chi connectivity index (χ1n) is 6.62. The van der Waals surface area contributed by atoms with Gasteiger partial charge in [-0.05, 0) is 103 Å². The van der Waals surface area contributed by atoms with Gasteiger partial charge in [-0.15, -0.1) is 0 Å². The van der Waals surface area contributed by atoms with Crippen molar-refractivity contribution in [3.8, 4) is 5.75 Å². The molecule has 3 nitrogen and oxygen atoms in total. The average Bonchev–Trinajstić information content (AvgIpc) is 2.37. The number of phenolic OH excluding ortho intramolecular Hbond substituents is 1. The lowest BCUT2D eigenvalue weighted by molar-refractivity contribution is 0.216. The zero-order valence-electron chi connectivity index (χ0n) is 11.1. The number of hydrogen-bond donors (Lipinski definition) is 2. The van der Waals surface area contributed by atoms with Crippen molar-refractivity contribution in [1.82, 2.24) is 10.2 Å². The first kappa shape index (κ1) is 15.8. The highest BCUT2D eigenvalue weighted by Crippen LogP contribution is 2.27. The summed E-state index contributed by atoms with van der Waals surface area (Å²) in [5.74, 6) is 1.21. The number of benzene rings is 1. The van der Waals surface area contributed by atoms with Gasteiger partial charge < -0.3 is 15.3 Å². The van der Waals surface area contributed by atoms with Crippen molar-refractivity contribution in [3.05, 3.63) is 24.8 Å². The summed E-state index contributed by atoms with van der Waals surface area (Å²) in [7, 11) is 2.19. The van der Waals surface area contributed by atoms with Crippen LogP contribution in [0.15, 0.2) is 12.1 Å². The van der Waals surface area contributed by atoms with Crippen LogP contribution in [-0.2, 0) is 6.54 Å². The van der Waals surface area contributed by atoms with E-state index in [-0.39, 0.29) is 0 Å². The molecule has 2 N–H and O–H groups in total. The topological polar surface area (TPSA) is 35.5 Å². The van der Waals surface area contributed by atoms with Crippen molar-refractivity contribution >= 4 is 45.2 Å². The molecular formula is C14H20I2N2O. The van der Waals surface area contributed by atoms with Crippen molar-refractivity contribution in [3.63, 3.8) is 0 Å². The molecular weight excluding hydrogens is 466 g/mol. The minimum absolute atomic E-state index is 0.428. The highest BCUT2D eigenvalue weighted by Gasteiger charge is 2.16.